The Bertz CT molecular complexity index is 179. The maximum Gasteiger partial charge on any atom is 0.0166 e. The molecule has 2 rings (SSSR count). The van der Waals surface area contributed by atoms with Gasteiger partial charge in [0.1, 0.15) is 0 Å². The molecule has 2 fully saturated rings. The van der Waals surface area contributed by atoms with E-state index in [1.165, 1.54) is 64.2 Å². The van der Waals surface area contributed by atoms with Gasteiger partial charge in [-0.2, -0.15) is 0 Å². The van der Waals surface area contributed by atoms with Crippen LogP contribution in [0.5, 0.6) is 0 Å². The summed E-state index contributed by atoms with van der Waals surface area (Å²) in [6, 6.07) is 0.788. The predicted octanol–water partition coefficient (Wildman–Crippen LogP) is 2.57. The monoisotopic (exact) mass is 210 g/mol. The van der Waals surface area contributed by atoms with Crippen molar-refractivity contribution in [2.45, 2.75) is 75.8 Å². The Hall–Kier alpha value is -0.0800. The van der Waals surface area contributed by atoms with Gasteiger partial charge in [-0.3, -0.25) is 0 Å². The molecule has 0 aromatic rings. The first-order valence-electron chi connectivity index (χ1n) is 6.81. The molecule has 0 aliphatic heterocycles. The van der Waals surface area contributed by atoms with E-state index in [-0.39, 0.29) is 5.54 Å². The van der Waals surface area contributed by atoms with Gasteiger partial charge in [0, 0.05) is 11.6 Å². The van der Waals surface area contributed by atoms with Gasteiger partial charge in [0.25, 0.3) is 0 Å². The molecule has 0 saturated heterocycles. The highest BCUT2D eigenvalue weighted by Gasteiger charge is 2.31. The third-order valence-electron chi connectivity index (χ3n) is 4.26. The molecule has 0 bridgehead atoms. The summed E-state index contributed by atoms with van der Waals surface area (Å²) in [5.41, 5.74) is 6.42. The van der Waals surface area contributed by atoms with Crippen molar-refractivity contribution in [2.24, 2.45) is 5.73 Å². The van der Waals surface area contributed by atoms with Crippen molar-refractivity contribution in [1.82, 2.24) is 5.32 Å². The number of rotatable bonds is 4. The fourth-order valence-corrected chi connectivity index (χ4v) is 2.89. The average molecular weight is 210 g/mol. The van der Waals surface area contributed by atoms with Crippen molar-refractivity contribution in [1.29, 1.82) is 0 Å². The van der Waals surface area contributed by atoms with Gasteiger partial charge in [-0.15, -0.1) is 0 Å². The Morgan fingerprint density at radius 1 is 1.00 bits per heavy atom. The van der Waals surface area contributed by atoms with Gasteiger partial charge in [-0.05, 0) is 45.1 Å². The largest absolute Gasteiger partial charge is 0.325 e. The van der Waals surface area contributed by atoms with E-state index in [0.717, 1.165) is 12.6 Å². The van der Waals surface area contributed by atoms with Crippen molar-refractivity contribution in [3.8, 4) is 0 Å². The molecule has 0 amide bonds. The zero-order chi connectivity index (χ0) is 10.6. The molecule has 2 saturated carbocycles. The zero-order valence-electron chi connectivity index (χ0n) is 9.93. The predicted molar refractivity (Wildman–Crippen MR) is 64.9 cm³/mol. The van der Waals surface area contributed by atoms with Crippen LogP contribution < -0.4 is 11.1 Å². The second kappa shape index (κ2) is 5.31. The van der Waals surface area contributed by atoms with Crippen molar-refractivity contribution in [3.63, 3.8) is 0 Å². The van der Waals surface area contributed by atoms with E-state index in [1.807, 2.05) is 0 Å². The minimum Gasteiger partial charge on any atom is -0.325 e. The minimum absolute atomic E-state index is 0.206. The molecule has 2 heteroatoms. The molecule has 0 atom stereocenters. The number of hydrogen-bond donors (Lipinski definition) is 2. The molecule has 88 valence electrons. The number of hydrogen-bond acceptors (Lipinski definition) is 2. The summed E-state index contributed by atoms with van der Waals surface area (Å²) in [6.07, 6.45) is 13.5. The lowest BCUT2D eigenvalue weighted by Gasteiger charge is -2.38. The van der Waals surface area contributed by atoms with Crippen LogP contribution in [0.25, 0.3) is 0 Å². The van der Waals surface area contributed by atoms with Crippen LogP contribution in [-0.4, -0.2) is 18.1 Å². The second-order valence-electron chi connectivity index (χ2n) is 5.61. The maximum absolute atomic E-state index is 6.21. The van der Waals surface area contributed by atoms with E-state index >= 15 is 0 Å². The lowest BCUT2D eigenvalue weighted by Crippen LogP contribution is -2.49. The Morgan fingerprint density at radius 2 is 1.67 bits per heavy atom. The summed E-state index contributed by atoms with van der Waals surface area (Å²) >= 11 is 0. The molecule has 2 aliphatic rings. The fraction of sp³-hybridized carbons (Fsp3) is 1.00. The van der Waals surface area contributed by atoms with Crippen LogP contribution in [0.3, 0.4) is 0 Å². The summed E-state index contributed by atoms with van der Waals surface area (Å²) in [4.78, 5) is 0. The lowest BCUT2D eigenvalue weighted by molar-refractivity contribution is 0.225. The van der Waals surface area contributed by atoms with E-state index in [4.69, 9.17) is 5.73 Å². The highest BCUT2D eigenvalue weighted by atomic mass is 14.9. The summed E-state index contributed by atoms with van der Waals surface area (Å²) in [6.45, 7) is 1.14. The lowest BCUT2D eigenvalue weighted by atomic mass is 9.75. The number of nitrogens with one attached hydrogen (secondary N) is 1. The zero-order valence-corrected chi connectivity index (χ0v) is 9.93. The third-order valence-corrected chi connectivity index (χ3v) is 4.26. The van der Waals surface area contributed by atoms with Crippen LogP contribution in [-0.2, 0) is 0 Å². The SMILES string of the molecule is NC1(CCNC2CCCCCC2)CCC1. The van der Waals surface area contributed by atoms with E-state index in [2.05, 4.69) is 5.32 Å². The van der Waals surface area contributed by atoms with Gasteiger partial charge in [0.2, 0.25) is 0 Å². The Kier molecular flexibility index (Phi) is 4.04. The molecule has 0 aromatic carbocycles. The molecule has 15 heavy (non-hydrogen) atoms. The van der Waals surface area contributed by atoms with Gasteiger partial charge >= 0.3 is 0 Å². The van der Waals surface area contributed by atoms with Gasteiger partial charge in [0.05, 0.1) is 0 Å². The van der Waals surface area contributed by atoms with Crippen LogP contribution in [0.15, 0.2) is 0 Å². The Balaban J connectivity index is 1.59. The molecule has 0 radical (unpaired) electrons. The maximum atomic E-state index is 6.21. The molecule has 0 aromatic heterocycles. The highest BCUT2D eigenvalue weighted by Crippen LogP contribution is 2.31. The molecule has 0 spiro atoms. The van der Waals surface area contributed by atoms with Gasteiger partial charge in [-0.25, -0.2) is 0 Å². The highest BCUT2D eigenvalue weighted by molar-refractivity contribution is 4.93. The topological polar surface area (TPSA) is 38.0 Å². The van der Waals surface area contributed by atoms with E-state index < -0.39 is 0 Å². The van der Waals surface area contributed by atoms with Crippen LogP contribution in [0.1, 0.15) is 64.2 Å². The standard InChI is InChI=1S/C13H26N2/c14-13(8-5-9-13)10-11-15-12-6-3-1-2-4-7-12/h12,15H,1-11,14H2. The van der Waals surface area contributed by atoms with Crippen LogP contribution in [0, 0.1) is 0 Å². The Labute approximate surface area is 94.0 Å². The van der Waals surface area contributed by atoms with E-state index in [0.29, 0.717) is 0 Å². The molecular formula is C13H26N2. The normalized spacial score (nSPS) is 27.0. The smallest absolute Gasteiger partial charge is 0.0166 e. The summed E-state index contributed by atoms with van der Waals surface area (Å²) in [5, 5.41) is 3.71. The van der Waals surface area contributed by atoms with Gasteiger partial charge < -0.3 is 11.1 Å². The second-order valence-corrected chi connectivity index (χ2v) is 5.61. The quantitative estimate of drug-likeness (QED) is 0.700. The molecule has 2 aliphatic carbocycles. The summed E-state index contributed by atoms with van der Waals surface area (Å²) in [7, 11) is 0. The van der Waals surface area contributed by atoms with Crippen molar-refractivity contribution in [3.05, 3.63) is 0 Å². The van der Waals surface area contributed by atoms with Crippen molar-refractivity contribution >= 4 is 0 Å². The average Bonchev–Trinajstić information content (AvgIpc) is 2.44. The van der Waals surface area contributed by atoms with Crippen LogP contribution >= 0.6 is 0 Å². The summed E-state index contributed by atoms with van der Waals surface area (Å²) in [5.74, 6) is 0. The first kappa shape index (κ1) is 11.4. The first-order chi connectivity index (χ1) is 7.29. The number of nitrogens with two attached hydrogens (primary N) is 1. The molecule has 3 N–H and O–H groups in total. The van der Waals surface area contributed by atoms with E-state index in [1.54, 1.807) is 0 Å². The molecule has 0 unspecified atom stereocenters. The molecular weight excluding hydrogens is 184 g/mol. The van der Waals surface area contributed by atoms with Crippen molar-refractivity contribution in [2.75, 3.05) is 6.54 Å². The minimum atomic E-state index is 0.206. The van der Waals surface area contributed by atoms with Gasteiger partial charge in [-0.1, -0.05) is 25.7 Å². The van der Waals surface area contributed by atoms with Crippen LogP contribution in [0.4, 0.5) is 0 Å². The fourth-order valence-electron chi connectivity index (χ4n) is 2.89. The van der Waals surface area contributed by atoms with Gasteiger partial charge in [0.15, 0.2) is 0 Å². The Morgan fingerprint density at radius 3 is 2.20 bits per heavy atom. The van der Waals surface area contributed by atoms with Crippen molar-refractivity contribution < 1.29 is 0 Å². The molecule has 0 heterocycles. The summed E-state index contributed by atoms with van der Waals surface area (Å²) < 4.78 is 0. The first-order valence-corrected chi connectivity index (χ1v) is 6.81. The third kappa shape index (κ3) is 3.46. The van der Waals surface area contributed by atoms with Crippen LogP contribution in [0.2, 0.25) is 0 Å². The van der Waals surface area contributed by atoms with E-state index in [9.17, 15) is 0 Å². The molecule has 2 nitrogen and oxygen atoms in total.